The number of ether oxygens (including phenoxy) is 3. The molecule has 0 aromatic carbocycles. The van der Waals surface area contributed by atoms with E-state index in [1.54, 1.807) is 31.1 Å². The second kappa shape index (κ2) is 27.9. The highest BCUT2D eigenvalue weighted by Crippen LogP contribution is 2.30. The van der Waals surface area contributed by atoms with Gasteiger partial charge in [0.15, 0.2) is 18.4 Å². The summed E-state index contributed by atoms with van der Waals surface area (Å²) < 4.78 is 17.1. The van der Waals surface area contributed by atoms with Gasteiger partial charge < -0.3 is 50.6 Å². The number of amides is 1. The summed E-state index contributed by atoms with van der Waals surface area (Å²) >= 11 is 0. The minimum absolute atomic E-state index is 0.0864. The van der Waals surface area contributed by atoms with Crippen molar-refractivity contribution in [3.8, 4) is 0 Å². The summed E-state index contributed by atoms with van der Waals surface area (Å²) in [5, 5.41) is 51.3. The Morgan fingerprint density at radius 3 is 2.25 bits per heavy atom. The van der Waals surface area contributed by atoms with Crippen LogP contribution < -0.4 is 11.1 Å². The quantitative estimate of drug-likeness (QED) is 0.0126. The Kier molecular flexibility index (Phi) is 24.0. The Hall–Kier alpha value is -4.79. The van der Waals surface area contributed by atoms with Gasteiger partial charge in [0.2, 0.25) is 0 Å². The topological polar surface area (TPSA) is 208 Å². The summed E-state index contributed by atoms with van der Waals surface area (Å²) in [7, 11) is 3.41. The van der Waals surface area contributed by atoms with Gasteiger partial charge >= 0.3 is 5.97 Å². The molecule has 0 radical (unpaired) electrons. The van der Waals surface area contributed by atoms with Crippen LogP contribution in [0.4, 0.5) is 0 Å². The molecular formula is C48H72N4O9. The number of hydrogen-bond acceptors (Lipinski definition) is 9. The fourth-order valence-electron chi connectivity index (χ4n) is 6.76. The van der Waals surface area contributed by atoms with Gasteiger partial charge in [-0.1, -0.05) is 112 Å². The molecule has 338 valence electrons. The molecule has 13 heteroatoms. The van der Waals surface area contributed by atoms with Gasteiger partial charge in [-0.25, -0.2) is 4.79 Å². The van der Waals surface area contributed by atoms with E-state index >= 15 is 0 Å². The van der Waals surface area contributed by atoms with Crippen molar-refractivity contribution in [1.29, 1.82) is 5.41 Å². The van der Waals surface area contributed by atoms with Gasteiger partial charge in [0.05, 0.1) is 18.9 Å². The number of methoxy groups -OCH3 is 1. The predicted molar refractivity (Wildman–Crippen MR) is 242 cm³/mol. The first-order valence-electron chi connectivity index (χ1n) is 21.2. The highest BCUT2D eigenvalue weighted by molar-refractivity contribution is 5.94. The van der Waals surface area contributed by atoms with Crippen molar-refractivity contribution in [3.05, 3.63) is 120 Å². The highest BCUT2D eigenvalue weighted by atomic mass is 16.7. The van der Waals surface area contributed by atoms with Gasteiger partial charge in [-0.2, -0.15) is 0 Å². The summed E-state index contributed by atoms with van der Waals surface area (Å²) in [6.07, 6.45) is 25.4. The number of nitrogens with two attached hydrogens (primary N) is 1. The molecule has 1 amide bonds. The van der Waals surface area contributed by atoms with Gasteiger partial charge in [0.25, 0.3) is 5.91 Å². The van der Waals surface area contributed by atoms with E-state index in [2.05, 4.69) is 56.1 Å². The first kappa shape index (κ1) is 52.3. The molecule has 1 heterocycles. The molecule has 1 aliphatic heterocycles. The summed E-state index contributed by atoms with van der Waals surface area (Å²) in [6.45, 7) is 14.7. The molecule has 9 unspecified atom stereocenters. The van der Waals surface area contributed by atoms with E-state index in [-0.39, 0.29) is 23.7 Å². The Bertz CT molecular complexity index is 1720. The molecule has 13 nitrogen and oxygen atoms in total. The zero-order valence-electron chi connectivity index (χ0n) is 37.2. The summed E-state index contributed by atoms with van der Waals surface area (Å²) in [5.74, 6) is -0.531. The van der Waals surface area contributed by atoms with Crippen molar-refractivity contribution in [1.82, 2.24) is 10.2 Å². The lowest BCUT2D eigenvalue weighted by Gasteiger charge is -2.40. The molecule has 2 aliphatic rings. The molecule has 9 atom stereocenters. The van der Waals surface area contributed by atoms with E-state index in [4.69, 9.17) is 25.4 Å². The zero-order chi connectivity index (χ0) is 45.5. The monoisotopic (exact) mass is 849 g/mol. The number of unbranched alkanes of at least 4 members (excludes halogenated alkanes) is 2. The molecule has 8 N–H and O–H groups in total. The Morgan fingerprint density at radius 2 is 1.59 bits per heavy atom. The van der Waals surface area contributed by atoms with Crippen LogP contribution in [-0.2, 0) is 23.8 Å². The van der Waals surface area contributed by atoms with Crippen LogP contribution in [0, 0.1) is 23.2 Å². The van der Waals surface area contributed by atoms with Gasteiger partial charge in [0.1, 0.15) is 24.1 Å². The van der Waals surface area contributed by atoms with Crippen molar-refractivity contribution in [3.63, 3.8) is 0 Å². The third-order valence-corrected chi connectivity index (χ3v) is 10.6. The van der Waals surface area contributed by atoms with Crippen LogP contribution in [0.25, 0.3) is 0 Å². The van der Waals surface area contributed by atoms with Crippen molar-refractivity contribution in [2.45, 2.75) is 123 Å². The summed E-state index contributed by atoms with van der Waals surface area (Å²) in [5.41, 5.74) is 8.37. The number of guanidine groups is 1. The second-order valence-corrected chi connectivity index (χ2v) is 16.0. The molecule has 0 aromatic heterocycles. The maximum Gasteiger partial charge on any atom is 0.335 e. The molecule has 1 aliphatic carbocycles. The van der Waals surface area contributed by atoms with Crippen molar-refractivity contribution in [2.24, 2.45) is 23.5 Å². The molecule has 1 fully saturated rings. The number of nitrogens with zero attached hydrogens (tertiary/aromatic N) is 1. The number of aliphatic carboxylic acids is 1. The number of allylic oxidation sites excluding steroid dienone is 15. The summed E-state index contributed by atoms with van der Waals surface area (Å²) in [4.78, 5) is 26.1. The van der Waals surface area contributed by atoms with E-state index in [0.717, 1.165) is 74.8 Å². The van der Waals surface area contributed by atoms with E-state index in [1.807, 2.05) is 63.4 Å². The van der Waals surface area contributed by atoms with Crippen LogP contribution in [-0.4, -0.2) is 101 Å². The number of aliphatic hydroxyl groups excluding tert-OH is 3. The molecule has 0 bridgehead atoms. The highest BCUT2D eigenvalue weighted by Gasteiger charge is 2.48. The zero-order valence-corrected chi connectivity index (χ0v) is 37.2. The third kappa shape index (κ3) is 18.8. The molecule has 1 saturated heterocycles. The number of carboxylic acid groups (broad SMARTS) is 1. The van der Waals surface area contributed by atoms with Crippen molar-refractivity contribution >= 4 is 17.8 Å². The van der Waals surface area contributed by atoms with Gasteiger partial charge in [-0.15, -0.1) is 0 Å². The lowest BCUT2D eigenvalue weighted by Crippen LogP contribution is -2.61. The van der Waals surface area contributed by atoms with Crippen molar-refractivity contribution < 1.29 is 44.2 Å². The summed E-state index contributed by atoms with van der Waals surface area (Å²) in [6, 6.07) is 0. The number of carbonyl (C=O) groups is 2. The maximum atomic E-state index is 12.6. The van der Waals surface area contributed by atoms with Crippen LogP contribution in [0.2, 0.25) is 0 Å². The Balaban J connectivity index is 2.02. The van der Waals surface area contributed by atoms with Crippen LogP contribution in [0.15, 0.2) is 120 Å². The first-order chi connectivity index (χ1) is 29.0. The molecule has 0 aromatic rings. The molecule has 61 heavy (non-hydrogen) atoms. The third-order valence-electron chi connectivity index (χ3n) is 10.6. The number of nitrogens with one attached hydrogen (secondary N) is 2. The molecule has 0 spiro atoms. The number of rotatable bonds is 25. The van der Waals surface area contributed by atoms with Crippen LogP contribution in [0.3, 0.4) is 0 Å². The van der Waals surface area contributed by atoms with Crippen LogP contribution >= 0.6 is 0 Å². The molecule has 2 rings (SSSR count). The average Bonchev–Trinajstić information content (AvgIpc) is 3.57. The number of aliphatic hydroxyl groups is 3. The Morgan fingerprint density at radius 1 is 0.934 bits per heavy atom. The average molecular weight is 849 g/mol. The Labute approximate surface area is 363 Å². The van der Waals surface area contributed by atoms with Crippen LogP contribution in [0.5, 0.6) is 0 Å². The van der Waals surface area contributed by atoms with E-state index < -0.39 is 42.8 Å². The van der Waals surface area contributed by atoms with E-state index in [0.29, 0.717) is 17.2 Å². The predicted octanol–water partition coefficient (Wildman–Crippen LogP) is 6.89. The lowest BCUT2D eigenvalue weighted by atomic mass is 9.92. The molecular weight excluding hydrogens is 777 g/mol. The van der Waals surface area contributed by atoms with Gasteiger partial charge in [-0.05, 0) is 81.8 Å². The smallest absolute Gasteiger partial charge is 0.335 e. The minimum atomic E-state index is -1.82. The van der Waals surface area contributed by atoms with Gasteiger partial charge in [0, 0.05) is 31.5 Å². The normalized spacial score (nSPS) is 23.9. The lowest BCUT2D eigenvalue weighted by molar-refractivity contribution is -0.303. The fraction of sp³-hybridized carbons (Fsp3) is 0.521. The standard InChI is InChI=1S/C48H72N4O9/c1-32(23-17-14-15-22-30-52(7)48(49)50)24-18-16-19-25-33(2)31-37(6)43(60-47-42(55)40(53)41(54)44(61-47)46(57)58)35(4)26-20-12-10-9-11-13-21-27-36(5)45(56)51-39-34(3)28-29-38(39)59-8/h9-14,17-18,20-21,24,26-27,31-33,35,40-44,47,53-55H,3,15-16,19,22-23,25,28-30H2,1-2,4-8H3,(H3,49,50)(H,51,56)(H,57,58)/b11-9+,12-10+,17-14+,21-13+,24-18+,26-20+,36-27+,37-31+. The van der Waals surface area contributed by atoms with Crippen LogP contribution in [0.1, 0.15) is 86.0 Å². The second-order valence-electron chi connectivity index (χ2n) is 16.0. The van der Waals surface area contributed by atoms with E-state index in [1.165, 1.54) is 0 Å². The fourth-order valence-corrected chi connectivity index (χ4v) is 6.76. The van der Waals surface area contributed by atoms with E-state index in [9.17, 15) is 30.0 Å². The minimum Gasteiger partial charge on any atom is -0.499 e. The largest absolute Gasteiger partial charge is 0.499 e. The number of hydrogen-bond donors (Lipinski definition) is 7. The SMILES string of the molecule is C=C1CCC(OC)=C1NC(=O)/C(C)=C/C=C/C=C/C=C/C=C/C(C)C(OC1OC(C(=O)O)C(O)C(O)C1O)/C(C)=C/C(C)CCC/C=C/C(C)C/C=C/CCCN(C)C(=N)N. The number of carbonyl (C=O) groups excluding carboxylic acids is 1. The van der Waals surface area contributed by atoms with Crippen molar-refractivity contribution in [2.75, 3.05) is 20.7 Å². The molecule has 0 saturated carbocycles. The first-order valence-corrected chi connectivity index (χ1v) is 21.2. The number of carboxylic acids is 1. The van der Waals surface area contributed by atoms with Gasteiger partial charge in [-0.3, -0.25) is 10.2 Å². The maximum absolute atomic E-state index is 12.6.